The number of nitrogens with zero attached hydrogens (tertiary/aromatic N) is 3. The Morgan fingerprint density at radius 2 is 2.03 bits per heavy atom. The van der Waals surface area contributed by atoms with Crippen molar-refractivity contribution in [2.45, 2.75) is 25.3 Å². The first-order valence-corrected chi connectivity index (χ1v) is 10.2. The zero-order chi connectivity index (χ0) is 20.8. The van der Waals surface area contributed by atoms with Gasteiger partial charge in [-0.05, 0) is 43.5 Å². The molecule has 2 fully saturated rings. The normalized spacial score (nSPS) is 23.0. The predicted octanol–water partition coefficient (Wildman–Crippen LogP) is 3.39. The number of hydrogen-bond acceptors (Lipinski definition) is 4. The molecule has 154 valence electrons. The zero-order valence-corrected chi connectivity index (χ0v) is 16.7. The van der Waals surface area contributed by atoms with Crippen molar-refractivity contribution in [3.8, 4) is 17.0 Å². The third kappa shape index (κ3) is 3.01. The van der Waals surface area contributed by atoms with E-state index >= 15 is 0 Å². The number of methoxy groups -OCH3 is 1. The highest BCUT2D eigenvalue weighted by Gasteiger charge is 2.51. The van der Waals surface area contributed by atoms with Crippen molar-refractivity contribution < 1.29 is 19.4 Å². The van der Waals surface area contributed by atoms with E-state index in [1.54, 1.807) is 7.11 Å². The number of carboxylic acids is 1. The lowest BCUT2D eigenvalue weighted by Gasteiger charge is -2.24. The molecule has 1 aliphatic carbocycles. The van der Waals surface area contributed by atoms with Crippen LogP contribution in [0.15, 0.2) is 48.7 Å². The van der Waals surface area contributed by atoms with Gasteiger partial charge in [0.2, 0.25) is 5.91 Å². The number of carbonyl (C=O) groups is 2. The number of benzene rings is 1. The topological polar surface area (TPSA) is 84.1 Å². The number of amides is 1. The molecule has 1 amide bonds. The van der Waals surface area contributed by atoms with E-state index < -0.39 is 17.8 Å². The Morgan fingerprint density at radius 1 is 1.17 bits per heavy atom. The number of ether oxygens (including phenoxy) is 1. The fourth-order valence-corrected chi connectivity index (χ4v) is 4.53. The highest BCUT2D eigenvalue weighted by atomic mass is 16.5. The summed E-state index contributed by atoms with van der Waals surface area (Å²) in [5.41, 5.74) is 2.77. The number of carboxylic acid groups (broad SMARTS) is 1. The Hall–Kier alpha value is -3.35. The molecule has 1 aliphatic heterocycles. The molecule has 0 radical (unpaired) electrons. The number of fused-ring (bicyclic) bond motifs is 1. The van der Waals surface area contributed by atoms with Crippen LogP contribution in [0, 0.1) is 11.8 Å². The van der Waals surface area contributed by atoms with Crippen LogP contribution in [0.1, 0.15) is 31.1 Å². The molecule has 30 heavy (non-hydrogen) atoms. The largest absolute Gasteiger partial charge is 0.497 e. The van der Waals surface area contributed by atoms with E-state index in [1.165, 1.54) is 0 Å². The van der Waals surface area contributed by atoms with Gasteiger partial charge in [0.25, 0.3) is 0 Å². The molecule has 2 aliphatic rings. The number of rotatable bonds is 5. The van der Waals surface area contributed by atoms with Gasteiger partial charge in [-0.1, -0.05) is 18.2 Å². The second-order valence-electron chi connectivity index (χ2n) is 7.98. The maximum Gasteiger partial charge on any atom is 0.307 e. The smallest absolute Gasteiger partial charge is 0.307 e. The Morgan fingerprint density at radius 3 is 2.80 bits per heavy atom. The molecule has 3 atom stereocenters. The summed E-state index contributed by atoms with van der Waals surface area (Å²) in [5.74, 6) is -0.287. The summed E-state index contributed by atoms with van der Waals surface area (Å²) in [5, 5.41) is 9.21. The van der Waals surface area contributed by atoms with Gasteiger partial charge in [0.1, 0.15) is 11.6 Å². The van der Waals surface area contributed by atoms with Crippen LogP contribution >= 0.6 is 0 Å². The van der Waals surface area contributed by atoms with Crippen LogP contribution in [0.3, 0.4) is 0 Å². The Balaban J connectivity index is 1.54. The molecule has 2 aromatic heterocycles. The first-order valence-electron chi connectivity index (χ1n) is 10.2. The van der Waals surface area contributed by atoms with E-state index in [1.807, 2.05) is 58.0 Å². The first-order chi connectivity index (χ1) is 14.6. The number of hydrogen-bond donors (Lipinski definition) is 1. The minimum Gasteiger partial charge on any atom is -0.497 e. The van der Waals surface area contributed by atoms with E-state index in [9.17, 15) is 14.7 Å². The quantitative estimate of drug-likeness (QED) is 0.703. The summed E-state index contributed by atoms with van der Waals surface area (Å²) in [6, 6.07) is 13.6. The second kappa shape index (κ2) is 7.16. The fourth-order valence-electron chi connectivity index (χ4n) is 4.53. The summed E-state index contributed by atoms with van der Waals surface area (Å²) in [4.78, 5) is 31.1. The summed E-state index contributed by atoms with van der Waals surface area (Å²) in [7, 11) is 1.64. The van der Waals surface area contributed by atoms with E-state index in [0.29, 0.717) is 13.0 Å². The third-order valence-electron chi connectivity index (χ3n) is 6.18. The molecule has 1 aromatic carbocycles. The lowest BCUT2D eigenvalue weighted by molar-refractivity contribution is -0.142. The monoisotopic (exact) mass is 405 g/mol. The van der Waals surface area contributed by atoms with Crippen molar-refractivity contribution in [2.75, 3.05) is 13.7 Å². The van der Waals surface area contributed by atoms with Crippen LogP contribution in [0.25, 0.3) is 16.8 Å². The number of carbonyl (C=O) groups excluding carboxylic acids is 1. The van der Waals surface area contributed by atoms with Crippen LogP contribution in [-0.4, -0.2) is 44.9 Å². The van der Waals surface area contributed by atoms with Gasteiger partial charge in [-0.3, -0.25) is 9.59 Å². The summed E-state index contributed by atoms with van der Waals surface area (Å²) in [6.07, 6.45) is 4.12. The molecule has 1 N–H and O–H groups in total. The minimum atomic E-state index is -0.879. The highest BCUT2D eigenvalue weighted by molar-refractivity contribution is 5.90. The van der Waals surface area contributed by atoms with E-state index in [2.05, 4.69) is 0 Å². The van der Waals surface area contributed by atoms with E-state index in [-0.39, 0.29) is 11.9 Å². The molecule has 0 spiro atoms. The zero-order valence-electron chi connectivity index (χ0n) is 16.7. The molecule has 3 heterocycles. The van der Waals surface area contributed by atoms with Gasteiger partial charge >= 0.3 is 5.97 Å². The van der Waals surface area contributed by atoms with Crippen LogP contribution in [0.2, 0.25) is 0 Å². The second-order valence-corrected chi connectivity index (χ2v) is 7.98. The van der Waals surface area contributed by atoms with Gasteiger partial charge in [0, 0.05) is 18.3 Å². The highest BCUT2D eigenvalue weighted by Crippen LogP contribution is 2.44. The number of pyridine rings is 1. The van der Waals surface area contributed by atoms with Crippen molar-refractivity contribution >= 4 is 17.4 Å². The lowest BCUT2D eigenvalue weighted by atomic mass is 10.1. The molecular formula is C23H23N3O4. The van der Waals surface area contributed by atoms with Crippen LogP contribution in [0.5, 0.6) is 5.75 Å². The average Bonchev–Trinajstić information content (AvgIpc) is 3.28. The summed E-state index contributed by atoms with van der Waals surface area (Å²) >= 11 is 0. The van der Waals surface area contributed by atoms with Crippen molar-refractivity contribution in [2.24, 2.45) is 11.8 Å². The molecular weight excluding hydrogens is 382 g/mol. The Bertz CT molecular complexity index is 1140. The van der Waals surface area contributed by atoms with Gasteiger partial charge in [0.05, 0.1) is 36.2 Å². The lowest BCUT2D eigenvalue weighted by Crippen LogP contribution is -2.33. The van der Waals surface area contributed by atoms with Crippen molar-refractivity contribution in [1.82, 2.24) is 14.3 Å². The molecule has 1 saturated carbocycles. The van der Waals surface area contributed by atoms with Crippen molar-refractivity contribution in [1.29, 1.82) is 0 Å². The van der Waals surface area contributed by atoms with Gasteiger partial charge in [-0.25, -0.2) is 4.98 Å². The molecule has 5 rings (SSSR count). The van der Waals surface area contributed by atoms with Crippen molar-refractivity contribution in [3.63, 3.8) is 0 Å². The maximum atomic E-state index is 13.0. The van der Waals surface area contributed by atoms with Crippen LogP contribution in [0.4, 0.5) is 0 Å². The van der Waals surface area contributed by atoms with Gasteiger partial charge in [0.15, 0.2) is 0 Å². The molecule has 7 nitrogen and oxygen atoms in total. The number of aromatic nitrogens is 2. The fraction of sp³-hybridized carbons (Fsp3) is 0.348. The standard InChI is InChI=1S/C23H23N3O4/c1-30-15-7-4-6-14(12-15)20-18-8-2-3-10-25(18)21(24-20)19-9-5-11-26(19)22(27)16-13-17(16)23(28)29/h2-4,6-8,10,12,16-17,19H,5,9,11,13H2,1H3,(H,28,29). The molecule has 1 saturated heterocycles. The van der Waals surface area contributed by atoms with Crippen LogP contribution in [-0.2, 0) is 9.59 Å². The maximum absolute atomic E-state index is 13.0. The third-order valence-corrected chi connectivity index (χ3v) is 6.18. The summed E-state index contributed by atoms with van der Waals surface area (Å²) in [6.45, 7) is 0.641. The van der Waals surface area contributed by atoms with E-state index in [0.717, 1.165) is 41.2 Å². The molecule has 0 bridgehead atoms. The van der Waals surface area contributed by atoms with Crippen molar-refractivity contribution in [3.05, 3.63) is 54.5 Å². The van der Waals surface area contributed by atoms with Gasteiger partial charge < -0.3 is 19.1 Å². The SMILES string of the molecule is COc1cccc(-c2nc(C3CCCN3C(=O)C3CC3C(=O)O)n3ccccc23)c1. The Kier molecular flexibility index (Phi) is 4.46. The number of imidazole rings is 1. The predicted molar refractivity (Wildman–Crippen MR) is 110 cm³/mol. The number of aliphatic carboxylic acids is 1. The van der Waals surface area contributed by atoms with Crippen LogP contribution < -0.4 is 4.74 Å². The molecule has 7 heteroatoms. The van der Waals surface area contributed by atoms with Gasteiger partial charge in [-0.2, -0.15) is 0 Å². The minimum absolute atomic E-state index is 0.0551. The molecule has 3 unspecified atom stereocenters. The van der Waals surface area contributed by atoms with Gasteiger partial charge in [-0.15, -0.1) is 0 Å². The average molecular weight is 405 g/mol. The number of likely N-dealkylation sites (tertiary alicyclic amines) is 1. The molecule has 3 aromatic rings. The summed E-state index contributed by atoms with van der Waals surface area (Å²) < 4.78 is 7.42. The van der Waals surface area contributed by atoms with E-state index in [4.69, 9.17) is 9.72 Å². The first kappa shape index (κ1) is 18.7. The Labute approximate surface area is 173 Å².